The minimum absolute atomic E-state index is 0.0207. The number of hydrogen-bond acceptors (Lipinski definition) is 3. The molecule has 0 spiro atoms. The van der Waals surface area contributed by atoms with Crippen LogP contribution in [-0.2, 0) is 10.7 Å². The van der Waals surface area contributed by atoms with Crippen molar-refractivity contribution < 1.29 is 13.6 Å². The number of nitrogens with zero attached hydrogens (tertiary/aromatic N) is 1. The smallest absolute Gasteiger partial charge is 0.320 e. The number of benzene rings is 1. The lowest BCUT2D eigenvalue weighted by Gasteiger charge is -2.05. The Hall–Kier alpha value is -1.85. The number of rotatable bonds is 1. The highest BCUT2D eigenvalue weighted by atomic mass is 19.3. The first-order chi connectivity index (χ1) is 6.55. The van der Waals surface area contributed by atoms with E-state index < -0.39 is 17.4 Å². The van der Waals surface area contributed by atoms with Gasteiger partial charge < -0.3 is 5.32 Å². The maximum atomic E-state index is 13.1. The number of carbonyl (C=O) groups excluding carboxylic acids is 1. The van der Waals surface area contributed by atoms with Gasteiger partial charge in [-0.15, -0.1) is 4.91 Å². The minimum Gasteiger partial charge on any atom is -0.320 e. The van der Waals surface area contributed by atoms with Gasteiger partial charge >= 0.3 is 5.92 Å². The predicted octanol–water partition coefficient (Wildman–Crippen LogP) is 2.13. The van der Waals surface area contributed by atoms with E-state index in [4.69, 9.17) is 0 Å². The molecule has 0 atom stereocenters. The molecular formula is C8H4F2N2O2. The number of halogens is 2. The van der Waals surface area contributed by atoms with Gasteiger partial charge in [0.1, 0.15) is 5.69 Å². The molecule has 0 bridgehead atoms. The Morgan fingerprint density at radius 2 is 2.07 bits per heavy atom. The number of carbonyl (C=O) groups is 1. The lowest BCUT2D eigenvalue weighted by molar-refractivity contribution is -0.139. The molecule has 4 nitrogen and oxygen atoms in total. The van der Waals surface area contributed by atoms with Crippen molar-refractivity contribution in [2.45, 2.75) is 5.92 Å². The van der Waals surface area contributed by atoms with Crippen LogP contribution in [0.2, 0.25) is 0 Å². The molecule has 1 aromatic rings. The summed E-state index contributed by atoms with van der Waals surface area (Å²) in [4.78, 5) is 20.9. The summed E-state index contributed by atoms with van der Waals surface area (Å²) in [5.74, 6) is -4.95. The summed E-state index contributed by atoms with van der Waals surface area (Å²) in [5.41, 5.74) is -0.605. The van der Waals surface area contributed by atoms with Crippen LogP contribution < -0.4 is 5.32 Å². The Kier molecular flexibility index (Phi) is 1.60. The minimum atomic E-state index is -3.57. The van der Waals surface area contributed by atoms with E-state index in [1.54, 1.807) is 0 Å². The molecular weight excluding hydrogens is 194 g/mol. The monoisotopic (exact) mass is 198 g/mol. The standard InChI is InChI=1S/C8H4F2N2O2/c9-8(10)5-3-4(12-14)1-2-6(5)11-7(8)13/h1-3H,(H,11,13). The van der Waals surface area contributed by atoms with Crippen LogP contribution in [0.25, 0.3) is 0 Å². The van der Waals surface area contributed by atoms with Gasteiger partial charge in [-0.3, -0.25) is 4.79 Å². The van der Waals surface area contributed by atoms with E-state index in [1.165, 1.54) is 12.1 Å². The van der Waals surface area contributed by atoms with E-state index in [1.807, 2.05) is 5.32 Å². The van der Waals surface area contributed by atoms with Crippen molar-refractivity contribution >= 4 is 17.3 Å². The summed E-state index contributed by atoms with van der Waals surface area (Å²) in [6.07, 6.45) is 0. The fourth-order valence-corrected chi connectivity index (χ4v) is 1.28. The average molecular weight is 198 g/mol. The molecule has 0 fully saturated rings. The van der Waals surface area contributed by atoms with E-state index >= 15 is 0 Å². The summed E-state index contributed by atoms with van der Waals surface area (Å²) in [6.45, 7) is 0. The molecule has 2 rings (SSSR count). The fraction of sp³-hybridized carbons (Fsp3) is 0.125. The van der Waals surface area contributed by atoms with E-state index in [0.717, 1.165) is 6.07 Å². The number of anilines is 1. The first-order valence-electron chi connectivity index (χ1n) is 3.73. The lowest BCUT2D eigenvalue weighted by atomic mass is 10.1. The van der Waals surface area contributed by atoms with E-state index in [-0.39, 0.29) is 11.4 Å². The molecule has 0 radical (unpaired) electrons. The van der Waals surface area contributed by atoms with Gasteiger partial charge in [0.15, 0.2) is 0 Å². The van der Waals surface area contributed by atoms with Crippen LogP contribution in [0.5, 0.6) is 0 Å². The molecule has 0 saturated carbocycles. The highest BCUT2D eigenvalue weighted by Crippen LogP contribution is 2.41. The third-order valence-electron chi connectivity index (χ3n) is 1.98. The number of fused-ring (bicyclic) bond motifs is 1. The summed E-state index contributed by atoms with van der Waals surface area (Å²) in [5, 5.41) is 4.52. The van der Waals surface area contributed by atoms with Gasteiger partial charge in [0, 0.05) is 0 Å². The highest BCUT2D eigenvalue weighted by molar-refractivity contribution is 6.04. The third-order valence-corrected chi connectivity index (χ3v) is 1.98. The molecule has 72 valence electrons. The van der Waals surface area contributed by atoms with E-state index in [0.29, 0.717) is 0 Å². The zero-order chi connectivity index (χ0) is 10.3. The van der Waals surface area contributed by atoms with Crippen LogP contribution in [-0.4, -0.2) is 5.91 Å². The molecule has 1 amide bonds. The zero-order valence-electron chi connectivity index (χ0n) is 6.75. The van der Waals surface area contributed by atoms with E-state index in [9.17, 15) is 18.5 Å². The van der Waals surface area contributed by atoms with Crippen molar-refractivity contribution in [2.75, 3.05) is 5.32 Å². The SMILES string of the molecule is O=Nc1ccc2c(c1)C(F)(F)C(=O)N2. The quantitative estimate of drug-likeness (QED) is 0.702. The molecule has 6 heteroatoms. The van der Waals surface area contributed by atoms with Gasteiger partial charge in [-0.2, -0.15) is 8.78 Å². The van der Waals surface area contributed by atoms with Crippen molar-refractivity contribution in [1.29, 1.82) is 0 Å². The predicted molar refractivity (Wildman–Crippen MR) is 44.4 cm³/mol. The average Bonchev–Trinajstić information content (AvgIpc) is 2.38. The molecule has 14 heavy (non-hydrogen) atoms. The topological polar surface area (TPSA) is 58.5 Å². The van der Waals surface area contributed by atoms with Gasteiger partial charge in [0.25, 0.3) is 5.91 Å². The molecule has 1 heterocycles. The lowest BCUT2D eigenvalue weighted by Crippen LogP contribution is -2.23. The van der Waals surface area contributed by atoms with Crippen LogP contribution in [0.1, 0.15) is 5.56 Å². The molecule has 1 aromatic carbocycles. The second-order valence-electron chi connectivity index (χ2n) is 2.85. The fourth-order valence-electron chi connectivity index (χ4n) is 1.28. The number of nitrogens with one attached hydrogen (secondary N) is 1. The number of alkyl halides is 2. The third kappa shape index (κ3) is 1.00. The maximum Gasteiger partial charge on any atom is 0.352 e. The Morgan fingerprint density at radius 3 is 2.71 bits per heavy atom. The molecule has 1 aliphatic heterocycles. The van der Waals surface area contributed by atoms with Gasteiger partial charge in [-0.05, 0) is 23.4 Å². The second-order valence-corrected chi connectivity index (χ2v) is 2.85. The first kappa shape index (κ1) is 8.74. The summed E-state index contributed by atoms with van der Waals surface area (Å²) in [7, 11) is 0. The van der Waals surface area contributed by atoms with Crippen LogP contribution >= 0.6 is 0 Å². The molecule has 1 N–H and O–H groups in total. The van der Waals surface area contributed by atoms with Crippen molar-refractivity contribution in [3.05, 3.63) is 28.7 Å². The van der Waals surface area contributed by atoms with Crippen molar-refractivity contribution in [3.8, 4) is 0 Å². The van der Waals surface area contributed by atoms with Crippen LogP contribution in [0.3, 0.4) is 0 Å². The van der Waals surface area contributed by atoms with Crippen molar-refractivity contribution in [1.82, 2.24) is 0 Å². The van der Waals surface area contributed by atoms with Crippen LogP contribution in [0, 0.1) is 4.91 Å². The Bertz CT molecular complexity index is 431. The summed E-state index contributed by atoms with van der Waals surface area (Å²) < 4.78 is 26.2. The Labute approximate surface area is 76.9 Å². The molecule has 0 unspecified atom stereocenters. The van der Waals surface area contributed by atoms with Gasteiger partial charge in [0.2, 0.25) is 0 Å². The molecule has 0 saturated heterocycles. The van der Waals surface area contributed by atoms with Crippen LogP contribution in [0.4, 0.5) is 20.2 Å². The number of hydrogen-bond donors (Lipinski definition) is 1. The van der Waals surface area contributed by atoms with Gasteiger partial charge in [-0.1, -0.05) is 0 Å². The normalized spacial score (nSPS) is 17.4. The first-order valence-corrected chi connectivity index (χ1v) is 3.73. The largest absolute Gasteiger partial charge is 0.352 e. The Balaban J connectivity index is 2.62. The maximum absolute atomic E-state index is 13.1. The van der Waals surface area contributed by atoms with Crippen molar-refractivity contribution in [3.63, 3.8) is 0 Å². The number of nitroso groups, excluding NO2 is 1. The summed E-state index contributed by atoms with van der Waals surface area (Å²) in [6, 6.07) is 3.39. The molecule has 1 aliphatic rings. The van der Waals surface area contributed by atoms with Crippen LogP contribution in [0.15, 0.2) is 23.4 Å². The molecule has 0 aromatic heterocycles. The van der Waals surface area contributed by atoms with Gasteiger partial charge in [0.05, 0.1) is 11.3 Å². The second kappa shape index (κ2) is 2.57. The van der Waals surface area contributed by atoms with Crippen molar-refractivity contribution in [2.24, 2.45) is 5.18 Å². The number of amides is 1. The van der Waals surface area contributed by atoms with Gasteiger partial charge in [-0.25, -0.2) is 0 Å². The molecule has 0 aliphatic carbocycles. The zero-order valence-corrected chi connectivity index (χ0v) is 6.75. The summed E-state index contributed by atoms with van der Waals surface area (Å²) >= 11 is 0. The Morgan fingerprint density at radius 1 is 1.36 bits per heavy atom. The highest BCUT2D eigenvalue weighted by Gasteiger charge is 2.48. The van der Waals surface area contributed by atoms with E-state index in [2.05, 4.69) is 5.18 Å².